The summed E-state index contributed by atoms with van der Waals surface area (Å²) in [7, 11) is 0. The van der Waals surface area contributed by atoms with Crippen molar-refractivity contribution in [3.63, 3.8) is 0 Å². The molecule has 0 aliphatic carbocycles. The smallest absolute Gasteiger partial charge is 0.139 e. The van der Waals surface area contributed by atoms with Gasteiger partial charge in [-0.1, -0.05) is 137 Å². The van der Waals surface area contributed by atoms with E-state index in [0.29, 0.717) is 11.8 Å². The average molecular weight is 1110 g/mol. The Bertz CT molecular complexity index is 5190. The minimum Gasteiger partial charge on any atom is -0.456 e. The Labute approximate surface area is 497 Å². The molecular formula is C80H58N4O2. The molecule has 410 valence electrons. The Morgan fingerprint density at radius 1 is 0.256 bits per heavy atom. The van der Waals surface area contributed by atoms with Gasteiger partial charge in [-0.15, -0.1) is 0 Å². The molecule has 0 atom stereocenters. The highest BCUT2D eigenvalue weighted by molar-refractivity contribution is 6.19. The van der Waals surface area contributed by atoms with Crippen LogP contribution in [-0.2, 0) is 0 Å². The normalized spacial score (nSPS) is 12.2. The lowest BCUT2D eigenvalue weighted by Crippen LogP contribution is -2.10. The number of aromatic nitrogens is 2. The highest BCUT2D eigenvalue weighted by Crippen LogP contribution is 2.46. The monoisotopic (exact) mass is 1110 g/mol. The summed E-state index contributed by atoms with van der Waals surface area (Å²) in [5.74, 6) is 0.848. The Morgan fingerprint density at radius 3 is 1.03 bits per heavy atom. The number of hydrogen-bond donors (Lipinski definition) is 0. The molecule has 17 aromatic rings. The molecule has 0 amide bonds. The Balaban J connectivity index is 0.753. The number of nitrogens with zero attached hydrogens (tertiary/aromatic N) is 4. The van der Waals surface area contributed by atoms with E-state index in [0.717, 1.165) is 111 Å². The van der Waals surface area contributed by atoms with E-state index in [-0.39, 0.29) is 0 Å². The van der Waals surface area contributed by atoms with Crippen molar-refractivity contribution >= 4 is 143 Å². The summed E-state index contributed by atoms with van der Waals surface area (Å²) in [5.41, 5.74) is 19.4. The molecule has 13 aromatic carbocycles. The van der Waals surface area contributed by atoms with Crippen LogP contribution in [0.4, 0.5) is 34.1 Å². The number of furan rings is 2. The van der Waals surface area contributed by atoms with Gasteiger partial charge in [0.1, 0.15) is 22.3 Å². The van der Waals surface area contributed by atoms with Crippen LogP contribution in [0, 0.1) is 0 Å². The van der Waals surface area contributed by atoms with E-state index in [1.54, 1.807) is 0 Å². The van der Waals surface area contributed by atoms with E-state index in [2.05, 4.69) is 314 Å². The minimum atomic E-state index is 0.424. The van der Waals surface area contributed by atoms with Crippen molar-refractivity contribution in [1.82, 2.24) is 9.13 Å². The van der Waals surface area contributed by atoms with Crippen LogP contribution < -0.4 is 9.80 Å². The van der Waals surface area contributed by atoms with Crippen molar-refractivity contribution in [2.24, 2.45) is 0 Å². The van der Waals surface area contributed by atoms with Gasteiger partial charge in [0.05, 0.1) is 22.1 Å². The van der Waals surface area contributed by atoms with E-state index in [1.807, 2.05) is 0 Å². The molecule has 6 heteroatoms. The van der Waals surface area contributed by atoms with Crippen molar-refractivity contribution in [1.29, 1.82) is 0 Å². The van der Waals surface area contributed by atoms with Gasteiger partial charge in [-0.05, 0) is 196 Å². The Hall–Kier alpha value is -10.8. The first-order chi connectivity index (χ1) is 42.2. The van der Waals surface area contributed by atoms with Crippen LogP contribution in [0.2, 0.25) is 0 Å². The summed E-state index contributed by atoms with van der Waals surface area (Å²) in [5, 5.41) is 13.6. The first-order valence-electron chi connectivity index (χ1n) is 29.9. The van der Waals surface area contributed by atoms with Crippen molar-refractivity contribution in [2.45, 2.75) is 39.5 Å². The number of benzene rings is 13. The number of anilines is 6. The largest absolute Gasteiger partial charge is 0.456 e. The van der Waals surface area contributed by atoms with Crippen molar-refractivity contribution in [3.8, 4) is 11.4 Å². The molecule has 4 heterocycles. The summed E-state index contributed by atoms with van der Waals surface area (Å²) < 4.78 is 18.4. The second kappa shape index (κ2) is 19.4. The lowest BCUT2D eigenvalue weighted by atomic mass is 10.0. The van der Waals surface area contributed by atoms with E-state index < -0.39 is 0 Å². The zero-order valence-electron chi connectivity index (χ0n) is 48.2. The molecule has 0 fully saturated rings. The predicted octanol–water partition coefficient (Wildman–Crippen LogP) is 23.2. The van der Waals surface area contributed by atoms with E-state index in [4.69, 9.17) is 8.83 Å². The van der Waals surface area contributed by atoms with Gasteiger partial charge in [-0.2, -0.15) is 0 Å². The summed E-state index contributed by atoms with van der Waals surface area (Å²) in [4.78, 5) is 4.78. The van der Waals surface area contributed by atoms with Crippen molar-refractivity contribution < 1.29 is 8.83 Å². The van der Waals surface area contributed by atoms with Crippen LogP contribution in [0.15, 0.2) is 276 Å². The maximum absolute atomic E-state index is 6.81. The first-order valence-corrected chi connectivity index (χ1v) is 29.9. The molecule has 0 bridgehead atoms. The first kappa shape index (κ1) is 49.8. The summed E-state index contributed by atoms with van der Waals surface area (Å²) in [6.45, 7) is 8.99. The average Bonchev–Trinajstić information content (AvgIpc) is 3.09. The zero-order chi connectivity index (χ0) is 57.3. The zero-order valence-corrected chi connectivity index (χ0v) is 48.2. The molecular weight excluding hydrogens is 1050 g/mol. The third kappa shape index (κ3) is 7.94. The molecule has 4 aromatic heterocycles. The standard InChI is InChI=1S/C80H58N4O2/c1-49(2)51-23-29-59(30-24-51)81(63-35-37-75-67(45-63)65-19-11-13-21-73(65)83(75)57-15-7-5-8-16-57)61-33-27-53-41-69-71-47-72-70-42-54-28-34-62(40-56(54)44-78(70)86-80(72)48-79(71)85-77(69)43-55(53)39-61)82(60-31-25-52(26-32-60)50(3)4)64-36-38-76-68(46-64)66-20-12-14-22-74(66)84(76)58-17-9-6-10-18-58/h5-50H,1-4H3. The molecule has 0 N–H and O–H groups in total. The minimum absolute atomic E-state index is 0.424. The summed E-state index contributed by atoms with van der Waals surface area (Å²) in [6.07, 6.45) is 0. The molecule has 0 saturated heterocycles. The van der Waals surface area contributed by atoms with Crippen LogP contribution >= 0.6 is 0 Å². The fraction of sp³-hybridized carbons (Fsp3) is 0.0750. The van der Waals surface area contributed by atoms with Gasteiger partial charge in [0, 0.05) is 94.7 Å². The second-order valence-electron chi connectivity index (χ2n) is 23.8. The van der Waals surface area contributed by atoms with Crippen LogP contribution in [0.5, 0.6) is 0 Å². The number of rotatable bonds is 10. The predicted molar refractivity (Wildman–Crippen MR) is 362 cm³/mol. The quantitative estimate of drug-likeness (QED) is 0.137. The van der Waals surface area contributed by atoms with Gasteiger partial charge >= 0.3 is 0 Å². The van der Waals surface area contributed by atoms with E-state index >= 15 is 0 Å². The maximum Gasteiger partial charge on any atom is 0.139 e. The lowest BCUT2D eigenvalue weighted by Gasteiger charge is -2.26. The maximum atomic E-state index is 6.81. The van der Waals surface area contributed by atoms with Gasteiger partial charge in [0.15, 0.2) is 0 Å². The van der Waals surface area contributed by atoms with Crippen molar-refractivity contribution in [3.05, 3.63) is 278 Å². The van der Waals surface area contributed by atoms with E-state index in [1.165, 1.54) is 54.7 Å². The van der Waals surface area contributed by atoms with Crippen molar-refractivity contribution in [2.75, 3.05) is 9.80 Å². The SMILES string of the molecule is CC(C)c1ccc(N(c2ccc3cc4c(cc3c2)oc2cc3oc5cc6cc(N(c7ccc(C(C)C)cc7)c7ccc8c(c7)c7ccccc7n8-c7ccccc7)ccc6cc5c3cc24)c2ccc3c(c2)c2ccccc2n3-c2ccccc2)cc1. The fourth-order valence-corrected chi connectivity index (χ4v) is 13.6. The third-order valence-electron chi connectivity index (χ3n) is 18.0. The van der Waals surface area contributed by atoms with Gasteiger partial charge in [0.25, 0.3) is 0 Å². The highest BCUT2D eigenvalue weighted by Gasteiger charge is 2.22. The van der Waals surface area contributed by atoms with Crippen LogP contribution in [0.3, 0.4) is 0 Å². The van der Waals surface area contributed by atoms with Gasteiger partial charge in [-0.25, -0.2) is 0 Å². The number of hydrogen-bond acceptors (Lipinski definition) is 4. The highest BCUT2D eigenvalue weighted by atomic mass is 16.3. The van der Waals surface area contributed by atoms with Crippen LogP contribution in [0.25, 0.3) is 120 Å². The molecule has 6 nitrogen and oxygen atoms in total. The van der Waals surface area contributed by atoms with E-state index in [9.17, 15) is 0 Å². The number of fused-ring (bicyclic) bond motifs is 14. The summed E-state index contributed by atoms with van der Waals surface area (Å²) in [6, 6.07) is 97.7. The topological polar surface area (TPSA) is 42.6 Å². The molecule has 0 saturated carbocycles. The summed E-state index contributed by atoms with van der Waals surface area (Å²) >= 11 is 0. The molecule has 0 radical (unpaired) electrons. The van der Waals surface area contributed by atoms with Gasteiger partial charge < -0.3 is 27.8 Å². The number of para-hydroxylation sites is 4. The van der Waals surface area contributed by atoms with Gasteiger partial charge in [0.2, 0.25) is 0 Å². The second-order valence-corrected chi connectivity index (χ2v) is 23.8. The Morgan fingerprint density at radius 2 is 0.605 bits per heavy atom. The molecule has 86 heavy (non-hydrogen) atoms. The third-order valence-corrected chi connectivity index (χ3v) is 18.0. The van der Waals surface area contributed by atoms with Crippen LogP contribution in [-0.4, -0.2) is 9.13 Å². The molecule has 17 rings (SSSR count). The molecule has 0 aliphatic rings. The molecule has 0 aliphatic heterocycles. The van der Waals surface area contributed by atoms with Crippen LogP contribution in [0.1, 0.15) is 50.7 Å². The Kier molecular flexibility index (Phi) is 11.2. The fourth-order valence-electron chi connectivity index (χ4n) is 13.6. The lowest BCUT2D eigenvalue weighted by molar-refractivity contribution is 0.656. The molecule has 0 spiro atoms. The molecule has 0 unspecified atom stereocenters. The van der Waals surface area contributed by atoms with Gasteiger partial charge in [-0.3, -0.25) is 0 Å².